The molecule has 1 aromatic rings. The highest BCUT2D eigenvalue weighted by Gasteiger charge is 2.54. The van der Waals surface area contributed by atoms with E-state index in [1.54, 1.807) is 13.8 Å². The van der Waals surface area contributed by atoms with Gasteiger partial charge in [-0.3, -0.25) is 4.79 Å². The van der Waals surface area contributed by atoms with E-state index in [-0.39, 0.29) is 25.7 Å². The van der Waals surface area contributed by atoms with Gasteiger partial charge in [0.2, 0.25) is 3.79 Å². The molecule has 13 heteroatoms. The minimum atomic E-state index is -1.82. The summed E-state index contributed by atoms with van der Waals surface area (Å²) in [5, 5.41) is 2.67. The molecule has 45 heavy (non-hydrogen) atoms. The Labute approximate surface area is 281 Å². The maximum Gasteiger partial charge on any atom is 0.407 e. The number of esters is 1. The first kappa shape index (κ1) is 37.8. The highest BCUT2D eigenvalue weighted by atomic mass is 35.6. The number of hydrogen-bond donors (Lipinski definition) is 1. The van der Waals surface area contributed by atoms with Crippen molar-refractivity contribution in [2.75, 3.05) is 19.8 Å². The molecule has 0 aliphatic carbocycles. The first-order valence-electron chi connectivity index (χ1n) is 15.5. The second-order valence-corrected chi connectivity index (χ2v) is 14.1. The van der Waals surface area contributed by atoms with Crippen LogP contribution in [0.2, 0.25) is 0 Å². The Hall–Kier alpha value is -1.63. The third-order valence-electron chi connectivity index (χ3n) is 7.31. The van der Waals surface area contributed by atoms with Crippen LogP contribution >= 0.6 is 34.8 Å². The predicted octanol–water partition coefficient (Wildman–Crippen LogP) is 6.78. The first-order chi connectivity index (χ1) is 21.4. The highest BCUT2D eigenvalue weighted by Crippen LogP contribution is 2.35. The summed E-state index contributed by atoms with van der Waals surface area (Å²) in [5.41, 5.74) is 1.01. The van der Waals surface area contributed by atoms with Gasteiger partial charge in [0.05, 0.1) is 32.3 Å². The number of alkyl carbamates (subject to hydrolysis) is 1. The van der Waals surface area contributed by atoms with Crippen molar-refractivity contribution in [1.29, 1.82) is 0 Å². The molecule has 2 fully saturated rings. The summed E-state index contributed by atoms with van der Waals surface area (Å²) in [6, 6.07) is 8.73. The smallest absolute Gasteiger partial charge is 0.407 e. The van der Waals surface area contributed by atoms with Gasteiger partial charge in [0.15, 0.2) is 18.2 Å². The molecular formula is C32H46Cl3NO9. The van der Waals surface area contributed by atoms with Gasteiger partial charge in [-0.2, -0.15) is 0 Å². The molecule has 2 aliphatic heterocycles. The van der Waals surface area contributed by atoms with Crippen LogP contribution in [-0.4, -0.2) is 78.2 Å². The van der Waals surface area contributed by atoms with Crippen LogP contribution < -0.4 is 5.32 Å². The van der Waals surface area contributed by atoms with E-state index in [1.807, 2.05) is 30.3 Å². The standard InChI is InChI=1S/C32H46Cl3NO9/c1-5-7-8-9-13-16-23(40-19-22-14-11-10-12-15-22)18-25(37)44-28-26(36-30(38)41-21-32(33,34)35)29(39-17-6-2)43-24-20-42-31(3,4)45-27(24)28/h6,10-12,14-15,23-24,26-29H,2,5,7-9,13,16-21H2,1,3-4H3,(H,36,38)/t23-,24-,26-,27-,28-,29+/m1/s1/i29+1. The molecule has 2 saturated heterocycles. The second-order valence-electron chi connectivity index (χ2n) is 11.6. The highest BCUT2D eigenvalue weighted by molar-refractivity contribution is 6.67. The van der Waals surface area contributed by atoms with Crippen LogP contribution in [0.25, 0.3) is 0 Å². The monoisotopic (exact) mass is 694 g/mol. The fraction of sp³-hybridized carbons (Fsp3) is 0.688. The maximum absolute atomic E-state index is 13.6. The molecular weight excluding hydrogens is 650 g/mol. The van der Waals surface area contributed by atoms with E-state index in [2.05, 4.69) is 18.8 Å². The molecule has 2 aliphatic rings. The van der Waals surface area contributed by atoms with Gasteiger partial charge in [0.1, 0.15) is 24.9 Å². The van der Waals surface area contributed by atoms with Crippen LogP contribution in [0, 0.1) is 0 Å². The number of benzene rings is 1. The van der Waals surface area contributed by atoms with E-state index >= 15 is 0 Å². The minimum Gasteiger partial charge on any atom is -0.457 e. The largest absolute Gasteiger partial charge is 0.457 e. The number of nitrogens with one attached hydrogen (secondary N) is 1. The van der Waals surface area contributed by atoms with Gasteiger partial charge in [-0.15, -0.1) is 6.58 Å². The Balaban J connectivity index is 1.79. The summed E-state index contributed by atoms with van der Waals surface area (Å²) >= 11 is 17.3. The van der Waals surface area contributed by atoms with Crippen LogP contribution in [0.1, 0.15) is 71.3 Å². The lowest BCUT2D eigenvalue weighted by Gasteiger charge is -2.50. The fourth-order valence-electron chi connectivity index (χ4n) is 5.14. The summed E-state index contributed by atoms with van der Waals surface area (Å²) in [6.07, 6.45) is 2.72. The number of alkyl halides is 3. The molecule has 1 N–H and O–H groups in total. The van der Waals surface area contributed by atoms with Crippen molar-refractivity contribution in [3.8, 4) is 0 Å². The zero-order chi connectivity index (χ0) is 32.9. The summed E-state index contributed by atoms with van der Waals surface area (Å²) in [4.78, 5) is 26.5. The van der Waals surface area contributed by atoms with Gasteiger partial charge in [-0.1, -0.05) is 110 Å². The summed E-state index contributed by atoms with van der Waals surface area (Å²) in [7, 11) is 0. The van der Waals surface area contributed by atoms with Crippen molar-refractivity contribution in [2.45, 2.75) is 119 Å². The van der Waals surface area contributed by atoms with E-state index in [9.17, 15) is 9.59 Å². The lowest BCUT2D eigenvalue weighted by molar-refractivity contribution is -0.368. The molecule has 1 aromatic carbocycles. The Morgan fingerprint density at radius 1 is 1.16 bits per heavy atom. The van der Waals surface area contributed by atoms with Gasteiger partial charge in [0, 0.05) is 0 Å². The minimum absolute atomic E-state index is 0.00212. The number of amides is 1. The molecule has 10 nitrogen and oxygen atoms in total. The van der Waals surface area contributed by atoms with Crippen LogP contribution in [0.3, 0.4) is 0 Å². The number of hydrogen-bond acceptors (Lipinski definition) is 9. The van der Waals surface area contributed by atoms with Gasteiger partial charge in [-0.05, 0) is 25.8 Å². The molecule has 0 spiro atoms. The van der Waals surface area contributed by atoms with Gasteiger partial charge in [-0.25, -0.2) is 4.79 Å². The Morgan fingerprint density at radius 2 is 1.89 bits per heavy atom. The zero-order valence-electron chi connectivity index (χ0n) is 26.2. The number of rotatable bonds is 17. The predicted molar refractivity (Wildman–Crippen MR) is 171 cm³/mol. The molecule has 0 bridgehead atoms. The van der Waals surface area contributed by atoms with Crippen molar-refractivity contribution >= 4 is 46.9 Å². The zero-order valence-corrected chi connectivity index (χ0v) is 28.5. The number of fused-ring (bicyclic) bond motifs is 1. The summed E-state index contributed by atoms with van der Waals surface area (Å²) in [5.74, 6) is -1.53. The lowest BCUT2D eigenvalue weighted by Crippen LogP contribution is -2.69. The third-order valence-corrected chi connectivity index (χ3v) is 7.64. The first-order valence-corrected chi connectivity index (χ1v) is 16.6. The quantitative estimate of drug-likeness (QED) is 0.0620. The average Bonchev–Trinajstić information content (AvgIpc) is 2.99. The van der Waals surface area contributed by atoms with E-state index < -0.39 is 58.9 Å². The van der Waals surface area contributed by atoms with Crippen molar-refractivity contribution in [2.24, 2.45) is 0 Å². The summed E-state index contributed by atoms with van der Waals surface area (Å²) in [6.45, 7) is 9.42. The van der Waals surface area contributed by atoms with E-state index in [0.717, 1.165) is 37.7 Å². The Morgan fingerprint density at radius 3 is 2.58 bits per heavy atom. The summed E-state index contributed by atoms with van der Waals surface area (Å²) < 4.78 is 39.6. The van der Waals surface area contributed by atoms with Crippen molar-refractivity contribution in [3.05, 3.63) is 48.6 Å². The molecule has 6 atom stereocenters. The molecule has 0 radical (unpaired) electrons. The van der Waals surface area contributed by atoms with Gasteiger partial charge in [0.25, 0.3) is 0 Å². The number of carbonyl (C=O) groups excluding carboxylic acids is 2. The third kappa shape index (κ3) is 13.6. The molecule has 0 saturated carbocycles. The molecule has 1 amide bonds. The number of unbranched alkanes of at least 4 members (excludes halogenated alkanes) is 4. The van der Waals surface area contributed by atoms with E-state index in [4.69, 9.17) is 68.0 Å². The lowest BCUT2D eigenvalue weighted by atomic mass is 9.99. The van der Waals surface area contributed by atoms with Crippen molar-refractivity contribution in [1.82, 2.24) is 5.32 Å². The number of ether oxygens (including phenoxy) is 7. The number of halogens is 3. The van der Waals surface area contributed by atoms with Crippen molar-refractivity contribution < 1.29 is 42.7 Å². The van der Waals surface area contributed by atoms with Crippen LogP contribution in [0.15, 0.2) is 43.0 Å². The molecule has 0 unspecified atom stereocenters. The average molecular weight is 696 g/mol. The van der Waals surface area contributed by atoms with E-state index in [1.165, 1.54) is 6.08 Å². The van der Waals surface area contributed by atoms with Gasteiger partial charge >= 0.3 is 12.1 Å². The topological polar surface area (TPSA) is 111 Å². The SMILES string of the molecule is C=CCO[13C@H]1O[C@@H]2COC(C)(C)O[C@H]2[C@H](OC(=O)C[C@@H](CCCCCCC)OCc2ccccc2)[C@H]1NC(=O)OCC(Cl)(Cl)Cl. The van der Waals surface area contributed by atoms with Crippen molar-refractivity contribution in [3.63, 3.8) is 0 Å². The molecule has 2 heterocycles. The Kier molecular flexibility index (Phi) is 15.7. The fourth-order valence-corrected chi connectivity index (χ4v) is 5.31. The maximum atomic E-state index is 13.6. The van der Waals surface area contributed by atoms with Gasteiger partial charge < -0.3 is 38.5 Å². The van der Waals surface area contributed by atoms with Crippen LogP contribution in [0.5, 0.6) is 0 Å². The second kappa shape index (κ2) is 18.6. The Bertz CT molecular complexity index is 1060. The normalized spacial score (nSPS) is 25.1. The van der Waals surface area contributed by atoms with E-state index in [0.29, 0.717) is 13.0 Å². The van der Waals surface area contributed by atoms with Crippen LogP contribution in [-0.2, 0) is 44.6 Å². The molecule has 254 valence electrons. The number of carbonyl (C=O) groups is 2. The molecule has 0 aromatic heterocycles. The van der Waals surface area contributed by atoms with Crippen LogP contribution in [0.4, 0.5) is 4.79 Å². The molecule has 3 rings (SSSR count).